The lowest BCUT2D eigenvalue weighted by Gasteiger charge is -2.19. The van der Waals surface area contributed by atoms with Gasteiger partial charge < -0.3 is 9.72 Å². The summed E-state index contributed by atoms with van der Waals surface area (Å²) >= 11 is 0. The molecule has 0 radical (unpaired) electrons. The van der Waals surface area contributed by atoms with E-state index in [9.17, 15) is 30.4 Å². The van der Waals surface area contributed by atoms with Crippen LogP contribution in [0.5, 0.6) is 5.75 Å². The van der Waals surface area contributed by atoms with Gasteiger partial charge in [-0.15, -0.1) is 0 Å². The first-order valence-electron chi connectivity index (χ1n) is 10.3. The first-order chi connectivity index (χ1) is 16.8. The number of benzene rings is 3. The molecular weight excluding hydrogens is 505 g/mol. The molecule has 12 heteroatoms. The van der Waals surface area contributed by atoms with Crippen LogP contribution in [0.25, 0.3) is 34.3 Å². The Bertz CT molecular complexity index is 1530. The van der Waals surface area contributed by atoms with Crippen molar-refractivity contribution in [1.82, 2.24) is 9.97 Å². The van der Waals surface area contributed by atoms with Crippen molar-refractivity contribution in [2.45, 2.75) is 17.0 Å². The van der Waals surface area contributed by atoms with Gasteiger partial charge in [-0.1, -0.05) is 42.5 Å². The summed E-state index contributed by atoms with van der Waals surface area (Å²) in [5, 5.41) is 5.32. The molecule has 0 unspecified atom stereocenters. The normalized spacial score (nSPS) is 12.9. The Balaban J connectivity index is 1.50. The fourth-order valence-electron chi connectivity index (χ4n) is 3.33. The van der Waals surface area contributed by atoms with E-state index in [2.05, 4.69) is 14.7 Å². The molecule has 0 amide bonds. The molecule has 0 spiro atoms. The van der Waals surface area contributed by atoms with Gasteiger partial charge in [0.15, 0.2) is 6.61 Å². The molecule has 0 bridgehead atoms. The first kappa shape index (κ1) is 25.3. The average Bonchev–Trinajstić information content (AvgIpc) is 3.23. The van der Waals surface area contributed by atoms with E-state index in [0.29, 0.717) is 33.5 Å². The molecule has 0 saturated heterocycles. The van der Waals surface area contributed by atoms with Crippen molar-refractivity contribution in [1.29, 1.82) is 0 Å². The summed E-state index contributed by atoms with van der Waals surface area (Å²) in [6.07, 6.45) is -2.39. The zero-order chi connectivity index (χ0) is 26.1. The van der Waals surface area contributed by atoms with Crippen molar-refractivity contribution in [3.05, 3.63) is 78.1 Å². The summed E-state index contributed by atoms with van der Waals surface area (Å²) in [5.41, 5.74) is 2.94. The first-order valence-corrected chi connectivity index (χ1v) is 11.9. The monoisotopic (exact) mass is 523 g/mol. The van der Waals surface area contributed by atoms with Crippen LogP contribution in [0.1, 0.15) is 11.4 Å². The molecule has 1 aromatic heterocycles. The third-order valence-electron chi connectivity index (χ3n) is 5.15. The lowest BCUT2D eigenvalue weighted by molar-refractivity contribution is -0.290. The number of aromatic amines is 1. The standard InChI is InChI=1S/C24H18F5N3O3S/c25-23(26,24(27,28)29)14-35-17-9-5-15(6-10-17)7-12-22-31-19-11-8-16(13-20(19)32-22)18-3-1-2-4-21(18)36(30,33)34/h1-13H,14H2,(H,31,32)(H2,30,33,34)/b12-7+. The number of halogens is 5. The Kier molecular flexibility index (Phi) is 6.58. The third kappa shape index (κ3) is 5.55. The number of sulfonamides is 1. The van der Waals surface area contributed by atoms with Crippen LogP contribution in [0.15, 0.2) is 71.6 Å². The SMILES string of the molecule is NS(=O)(=O)c1ccccc1-c1ccc2[nH]c(/C=C/c3ccc(OCC(F)(F)C(F)(F)F)cc3)nc2c1. The predicted molar refractivity (Wildman–Crippen MR) is 125 cm³/mol. The Morgan fingerprint density at radius 3 is 2.31 bits per heavy atom. The fraction of sp³-hybridized carbons (Fsp3) is 0.125. The van der Waals surface area contributed by atoms with Gasteiger partial charge in [0.2, 0.25) is 10.0 Å². The van der Waals surface area contributed by atoms with Crippen molar-refractivity contribution in [2.75, 3.05) is 6.61 Å². The van der Waals surface area contributed by atoms with Crippen LogP contribution in [0, 0.1) is 0 Å². The second-order valence-electron chi connectivity index (χ2n) is 7.79. The van der Waals surface area contributed by atoms with Gasteiger partial charge >= 0.3 is 12.1 Å². The quantitative estimate of drug-likeness (QED) is 0.307. The van der Waals surface area contributed by atoms with Crippen LogP contribution in [-0.4, -0.2) is 37.1 Å². The van der Waals surface area contributed by atoms with Crippen LogP contribution in [0.4, 0.5) is 22.0 Å². The summed E-state index contributed by atoms with van der Waals surface area (Å²) in [7, 11) is -3.93. The number of ether oxygens (including phenoxy) is 1. The molecule has 0 atom stereocenters. The number of H-pyrrole nitrogens is 1. The van der Waals surface area contributed by atoms with Gasteiger partial charge in [0.1, 0.15) is 11.6 Å². The second-order valence-corrected chi connectivity index (χ2v) is 9.32. The summed E-state index contributed by atoms with van der Waals surface area (Å²) < 4.78 is 91.1. The Morgan fingerprint density at radius 2 is 1.64 bits per heavy atom. The molecule has 36 heavy (non-hydrogen) atoms. The summed E-state index contributed by atoms with van der Waals surface area (Å²) in [6, 6.07) is 17.1. The van der Waals surface area contributed by atoms with Crippen molar-refractivity contribution < 1.29 is 35.1 Å². The smallest absolute Gasteiger partial charge is 0.456 e. The van der Waals surface area contributed by atoms with Gasteiger partial charge in [-0.25, -0.2) is 18.5 Å². The molecule has 0 aliphatic rings. The highest BCUT2D eigenvalue weighted by molar-refractivity contribution is 7.89. The minimum absolute atomic E-state index is 0.00504. The molecule has 0 aliphatic heterocycles. The fourth-order valence-corrected chi connectivity index (χ4v) is 4.09. The van der Waals surface area contributed by atoms with E-state index in [4.69, 9.17) is 5.14 Å². The topological polar surface area (TPSA) is 98.1 Å². The number of hydrogen-bond donors (Lipinski definition) is 2. The number of alkyl halides is 5. The molecular formula is C24H18F5N3O3S. The average molecular weight is 523 g/mol. The van der Waals surface area contributed by atoms with E-state index in [1.165, 1.54) is 30.3 Å². The maximum absolute atomic E-state index is 13.0. The van der Waals surface area contributed by atoms with Crippen molar-refractivity contribution >= 4 is 33.2 Å². The number of nitrogens with one attached hydrogen (secondary N) is 1. The highest BCUT2D eigenvalue weighted by Gasteiger charge is 2.58. The van der Waals surface area contributed by atoms with Crippen molar-refractivity contribution in [2.24, 2.45) is 5.14 Å². The van der Waals surface area contributed by atoms with Crippen molar-refractivity contribution in [3.63, 3.8) is 0 Å². The highest BCUT2D eigenvalue weighted by Crippen LogP contribution is 2.36. The molecule has 6 nitrogen and oxygen atoms in total. The molecule has 1 heterocycles. The third-order valence-corrected chi connectivity index (χ3v) is 6.12. The van der Waals surface area contributed by atoms with Crippen LogP contribution in [0.2, 0.25) is 0 Å². The molecule has 3 N–H and O–H groups in total. The van der Waals surface area contributed by atoms with Crippen molar-refractivity contribution in [3.8, 4) is 16.9 Å². The highest BCUT2D eigenvalue weighted by atomic mass is 32.2. The van der Waals surface area contributed by atoms with E-state index in [0.717, 1.165) is 0 Å². The maximum atomic E-state index is 13.0. The molecule has 4 rings (SSSR count). The van der Waals surface area contributed by atoms with Gasteiger partial charge in [-0.2, -0.15) is 22.0 Å². The number of nitrogens with two attached hydrogens (primary N) is 1. The van der Waals surface area contributed by atoms with Crippen LogP contribution in [-0.2, 0) is 10.0 Å². The Morgan fingerprint density at radius 1 is 0.944 bits per heavy atom. The second kappa shape index (κ2) is 9.36. The molecule has 4 aromatic rings. The number of aromatic nitrogens is 2. The van der Waals surface area contributed by atoms with Crippen LogP contribution >= 0.6 is 0 Å². The zero-order valence-corrected chi connectivity index (χ0v) is 19.1. The minimum atomic E-state index is -5.69. The number of primary sulfonamides is 1. The van der Waals surface area contributed by atoms with E-state index in [-0.39, 0.29) is 10.6 Å². The zero-order valence-electron chi connectivity index (χ0n) is 18.3. The minimum Gasteiger partial charge on any atom is -0.487 e. The molecule has 0 fully saturated rings. The lowest BCUT2D eigenvalue weighted by atomic mass is 10.1. The number of hydrogen-bond acceptors (Lipinski definition) is 4. The van der Waals surface area contributed by atoms with Gasteiger partial charge in [0, 0.05) is 5.56 Å². The summed E-state index contributed by atoms with van der Waals surface area (Å²) in [6.45, 7) is -1.81. The lowest BCUT2D eigenvalue weighted by Crippen LogP contribution is -2.41. The van der Waals surface area contributed by atoms with E-state index in [1.54, 1.807) is 48.6 Å². The van der Waals surface area contributed by atoms with Crippen LogP contribution < -0.4 is 9.88 Å². The van der Waals surface area contributed by atoms with Gasteiger partial charge in [0.05, 0.1) is 15.9 Å². The van der Waals surface area contributed by atoms with Gasteiger partial charge in [-0.05, 0) is 47.5 Å². The maximum Gasteiger partial charge on any atom is 0.456 e. The molecule has 3 aromatic carbocycles. The van der Waals surface area contributed by atoms with E-state index >= 15 is 0 Å². The molecule has 0 aliphatic carbocycles. The molecule has 188 valence electrons. The van der Waals surface area contributed by atoms with Gasteiger partial charge in [0.25, 0.3) is 0 Å². The molecule has 0 saturated carbocycles. The number of fused-ring (bicyclic) bond motifs is 1. The van der Waals surface area contributed by atoms with E-state index in [1.807, 2.05) is 0 Å². The summed E-state index contributed by atoms with van der Waals surface area (Å²) in [4.78, 5) is 7.56. The van der Waals surface area contributed by atoms with Crippen LogP contribution in [0.3, 0.4) is 0 Å². The Labute approximate surface area is 202 Å². The number of nitrogens with zero attached hydrogens (tertiary/aromatic N) is 1. The summed E-state index contributed by atoms with van der Waals surface area (Å²) in [5.74, 6) is -4.60. The Hall–Kier alpha value is -3.77. The number of imidazole rings is 1. The predicted octanol–water partition coefficient (Wildman–Crippen LogP) is 5.62. The van der Waals surface area contributed by atoms with E-state index < -0.39 is 28.7 Å². The largest absolute Gasteiger partial charge is 0.487 e. The van der Waals surface area contributed by atoms with Gasteiger partial charge in [-0.3, -0.25) is 0 Å². The number of rotatable bonds is 7.